The van der Waals surface area contributed by atoms with Crippen LogP contribution in [-0.2, 0) is 10.0 Å². The minimum absolute atomic E-state index is 0.127. The molecule has 0 bridgehead atoms. The van der Waals surface area contributed by atoms with Crippen molar-refractivity contribution in [3.05, 3.63) is 36.1 Å². The quantitative estimate of drug-likeness (QED) is 0.841. The molecule has 0 unspecified atom stereocenters. The number of nitrogens with zero attached hydrogens (tertiary/aromatic N) is 3. The van der Waals surface area contributed by atoms with Gasteiger partial charge in [0.05, 0.1) is 13.1 Å². The second-order valence-electron chi connectivity index (χ2n) is 4.05. The second kappa shape index (κ2) is 4.87. The van der Waals surface area contributed by atoms with Crippen LogP contribution in [0.25, 0.3) is 0 Å². The molecule has 6 nitrogen and oxygen atoms in total. The Bertz CT molecular complexity index is 637. The Morgan fingerprint density at radius 3 is 2.84 bits per heavy atom. The Balaban J connectivity index is 1.64. The van der Waals surface area contributed by atoms with Gasteiger partial charge in [0.2, 0.25) is 10.0 Å². The van der Waals surface area contributed by atoms with Crippen LogP contribution in [0.2, 0.25) is 0 Å². The molecule has 100 valence electrons. The van der Waals surface area contributed by atoms with E-state index in [4.69, 9.17) is 4.74 Å². The van der Waals surface area contributed by atoms with Crippen molar-refractivity contribution in [3.63, 3.8) is 0 Å². The molecular formula is C11H11N3O3S2. The van der Waals surface area contributed by atoms with Crippen LogP contribution in [0.5, 0.6) is 5.19 Å². The summed E-state index contributed by atoms with van der Waals surface area (Å²) in [6.07, 6.45) is 4.43. The number of sulfonamides is 1. The molecule has 3 rings (SSSR count). The van der Waals surface area contributed by atoms with Crippen LogP contribution in [-0.4, -0.2) is 41.9 Å². The first-order chi connectivity index (χ1) is 9.16. The lowest BCUT2D eigenvalue weighted by atomic mass is 10.2. The molecule has 0 atom stereocenters. The lowest BCUT2D eigenvalue weighted by Crippen LogP contribution is -2.55. The highest BCUT2D eigenvalue weighted by Gasteiger charge is 2.38. The van der Waals surface area contributed by atoms with Crippen molar-refractivity contribution >= 4 is 21.4 Å². The predicted molar refractivity (Wildman–Crippen MR) is 69.5 cm³/mol. The lowest BCUT2D eigenvalue weighted by Gasteiger charge is -2.36. The molecule has 1 aliphatic rings. The Morgan fingerprint density at radius 1 is 1.37 bits per heavy atom. The van der Waals surface area contributed by atoms with E-state index in [1.54, 1.807) is 18.5 Å². The SMILES string of the molecule is O=S(=O)(c1cccnc1)N1CC(Oc2nccs2)C1. The van der Waals surface area contributed by atoms with Crippen molar-refractivity contribution in [1.82, 2.24) is 14.3 Å². The number of ether oxygens (including phenoxy) is 1. The average Bonchev–Trinajstić information content (AvgIpc) is 2.87. The standard InChI is InChI=1S/C11H11N3O3S2/c15-19(16,10-2-1-3-12-6-10)14-7-9(8-14)17-11-13-4-5-18-11/h1-6,9H,7-8H2. The Hall–Kier alpha value is -1.51. The van der Waals surface area contributed by atoms with E-state index in [0.717, 1.165) is 0 Å². The maximum Gasteiger partial charge on any atom is 0.273 e. The van der Waals surface area contributed by atoms with E-state index in [1.165, 1.54) is 27.9 Å². The summed E-state index contributed by atoms with van der Waals surface area (Å²) >= 11 is 1.39. The first-order valence-electron chi connectivity index (χ1n) is 5.62. The van der Waals surface area contributed by atoms with Crippen LogP contribution in [0.4, 0.5) is 0 Å². The topological polar surface area (TPSA) is 72.4 Å². The van der Waals surface area contributed by atoms with E-state index in [-0.39, 0.29) is 11.0 Å². The number of aromatic nitrogens is 2. The van der Waals surface area contributed by atoms with E-state index >= 15 is 0 Å². The molecule has 1 saturated heterocycles. The van der Waals surface area contributed by atoms with Gasteiger partial charge in [-0.1, -0.05) is 11.3 Å². The summed E-state index contributed by atoms with van der Waals surface area (Å²) in [5, 5.41) is 2.39. The molecule has 19 heavy (non-hydrogen) atoms. The van der Waals surface area contributed by atoms with Gasteiger partial charge in [0.15, 0.2) is 0 Å². The fourth-order valence-electron chi connectivity index (χ4n) is 1.73. The summed E-state index contributed by atoms with van der Waals surface area (Å²) in [4.78, 5) is 8.04. The van der Waals surface area contributed by atoms with Gasteiger partial charge in [0.1, 0.15) is 11.0 Å². The molecule has 2 aromatic rings. The summed E-state index contributed by atoms with van der Waals surface area (Å²) in [7, 11) is -3.44. The molecule has 0 amide bonds. The molecule has 1 fully saturated rings. The van der Waals surface area contributed by atoms with Crippen molar-refractivity contribution in [2.24, 2.45) is 0 Å². The van der Waals surface area contributed by atoms with Gasteiger partial charge in [-0.15, -0.1) is 0 Å². The number of hydrogen-bond acceptors (Lipinski definition) is 6. The first-order valence-corrected chi connectivity index (χ1v) is 7.94. The zero-order valence-corrected chi connectivity index (χ0v) is 11.5. The molecule has 0 saturated carbocycles. The van der Waals surface area contributed by atoms with Crippen LogP contribution >= 0.6 is 11.3 Å². The van der Waals surface area contributed by atoms with Gasteiger partial charge >= 0.3 is 0 Å². The van der Waals surface area contributed by atoms with Crippen molar-refractivity contribution in [1.29, 1.82) is 0 Å². The zero-order chi connectivity index (χ0) is 13.3. The first kappa shape index (κ1) is 12.5. The third-order valence-corrected chi connectivity index (χ3v) is 5.24. The summed E-state index contributed by atoms with van der Waals surface area (Å²) in [5.41, 5.74) is 0. The summed E-state index contributed by atoms with van der Waals surface area (Å²) in [5.74, 6) is 0. The number of thiazole rings is 1. The second-order valence-corrected chi connectivity index (χ2v) is 6.84. The number of rotatable bonds is 4. The molecule has 1 aliphatic heterocycles. The maximum atomic E-state index is 12.2. The third-order valence-electron chi connectivity index (χ3n) is 2.76. The van der Waals surface area contributed by atoms with Crippen LogP contribution in [0.15, 0.2) is 41.0 Å². The minimum Gasteiger partial charge on any atom is -0.464 e. The van der Waals surface area contributed by atoms with Crippen LogP contribution in [0.3, 0.4) is 0 Å². The van der Waals surface area contributed by atoms with Gasteiger partial charge < -0.3 is 4.74 Å². The molecule has 2 aromatic heterocycles. The zero-order valence-electron chi connectivity index (χ0n) is 9.84. The van der Waals surface area contributed by atoms with E-state index < -0.39 is 10.0 Å². The predicted octanol–water partition coefficient (Wildman–Crippen LogP) is 0.990. The molecule has 0 N–H and O–H groups in total. The van der Waals surface area contributed by atoms with Crippen LogP contribution < -0.4 is 4.74 Å². The van der Waals surface area contributed by atoms with E-state index in [9.17, 15) is 8.42 Å². The van der Waals surface area contributed by atoms with E-state index in [1.807, 2.05) is 5.38 Å². The monoisotopic (exact) mass is 297 g/mol. The Labute approximate surface area is 114 Å². The molecule has 0 aromatic carbocycles. The molecule has 8 heteroatoms. The van der Waals surface area contributed by atoms with Gasteiger partial charge in [0.25, 0.3) is 5.19 Å². The normalized spacial score (nSPS) is 17.1. The molecule has 0 spiro atoms. The fraction of sp³-hybridized carbons (Fsp3) is 0.273. The minimum atomic E-state index is -3.44. The van der Waals surface area contributed by atoms with Crippen LogP contribution in [0, 0.1) is 0 Å². The Morgan fingerprint density at radius 2 is 2.21 bits per heavy atom. The third kappa shape index (κ3) is 2.46. The molecule has 0 radical (unpaired) electrons. The maximum absolute atomic E-state index is 12.2. The van der Waals surface area contributed by atoms with Crippen LogP contribution in [0.1, 0.15) is 0 Å². The summed E-state index contributed by atoms with van der Waals surface area (Å²) in [6.45, 7) is 0.688. The van der Waals surface area contributed by atoms with E-state index in [0.29, 0.717) is 18.3 Å². The van der Waals surface area contributed by atoms with Gasteiger partial charge in [-0.2, -0.15) is 4.31 Å². The van der Waals surface area contributed by atoms with E-state index in [2.05, 4.69) is 9.97 Å². The highest BCUT2D eigenvalue weighted by molar-refractivity contribution is 7.89. The van der Waals surface area contributed by atoms with Crippen molar-refractivity contribution < 1.29 is 13.2 Å². The van der Waals surface area contributed by atoms with Crippen molar-refractivity contribution in [2.45, 2.75) is 11.0 Å². The highest BCUT2D eigenvalue weighted by atomic mass is 32.2. The van der Waals surface area contributed by atoms with Gasteiger partial charge in [-0.05, 0) is 12.1 Å². The molecule has 3 heterocycles. The summed E-state index contributed by atoms with van der Waals surface area (Å²) in [6, 6.07) is 3.15. The van der Waals surface area contributed by atoms with Crippen molar-refractivity contribution in [2.75, 3.05) is 13.1 Å². The van der Waals surface area contributed by atoms with Gasteiger partial charge in [0, 0.05) is 24.0 Å². The largest absolute Gasteiger partial charge is 0.464 e. The van der Waals surface area contributed by atoms with Crippen molar-refractivity contribution in [3.8, 4) is 5.19 Å². The number of pyridine rings is 1. The van der Waals surface area contributed by atoms with Gasteiger partial charge in [-0.25, -0.2) is 13.4 Å². The fourth-order valence-corrected chi connectivity index (χ4v) is 3.75. The summed E-state index contributed by atoms with van der Waals surface area (Å²) < 4.78 is 31.3. The highest BCUT2D eigenvalue weighted by Crippen LogP contribution is 2.25. The Kier molecular flexibility index (Phi) is 3.21. The number of hydrogen-bond donors (Lipinski definition) is 0. The average molecular weight is 297 g/mol. The van der Waals surface area contributed by atoms with Gasteiger partial charge in [-0.3, -0.25) is 4.98 Å². The molecule has 0 aliphatic carbocycles. The molecular weight excluding hydrogens is 286 g/mol. The lowest BCUT2D eigenvalue weighted by molar-refractivity contribution is 0.0759. The smallest absolute Gasteiger partial charge is 0.273 e.